The maximum Gasteiger partial charge on any atom is 0.149 e. The third kappa shape index (κ3) is 3.43. The summed E-state index contributed by atoms with van der Waals surface area (Å²) in [7, 11) is 0. The molecule has 2 aromatic rings. The molecule has 1 aromatic carbocycles. The van der Waals surface area contributed by atoms with E-state index in [2.05, 4.69) is 4.98 Å². The van der Waals surface area contributed by atoms with Gasteiger partial charge < -0.3 is 0 Å². The predicted molar refractivity (Wildman–Crippen MR) is 84.7 cm³/mol. The average Bonchev–Trinajstić information content (AvgIpc) is 2.46. The van der Waals surface area contributed by atoms with Gasteiger partial charge in [0.15, 0.2) is 0 Å². The van der Waals surface area contributed by atoms with Crippen molar-refractivity contribution >= 4 is 46.6 Å². The molecule has 0 unspecified atom stereocenters. The molecule has 0 fully saturated rings. The lowest BCUT2D eigenvalue weighted by Gasteiger charge is -2.09. The lowest BCUT2D eigenvalue weighted by Crippen LogP contribution is -1.95. The molecule has 0 saturated heterocycles. The molecule has 0 atom stereocenters. The van der Waals surface area contributed by atoms with Crippen molar-refractivity contribution in [1.29, 1.82) is 10.5 Å². The Morgan fingerprint density at radius 1 is 1.00 bits per heavy atom. The Morgan fingerprint density at radius 3 is 2.10 bits per heavy atom. The summed E-state index contributed by atoms with van der Waals surface area (Å²) in [5.74, 6) is 0.486. The summed E-state index contributed by atoms with van der Waals surface area (Å²) in [6, 6.07) is 11.3. The van der Waals surface area contributed by atoms with Crippen molar-refractivity contribution in [1.82, 2.24) is 4.98 Å². The maximum atomic E-state index is 9.20. The first kappa shape index (κ1) is 15.9. The highest BCUT2D eigenvalue weighted by Crippen LogP contribution is 2.36. The van der Waals surface area contributed by atoms with E-state index in [1.165, 1.54) is 11.8 Å². The molecule has 0 saturated carbocycles. The molecule has 1 aromatic heterocycles. The molecule has 1 heterocycles. The fraction of sp³-hybridized carbons (Fsp3) is 0.0714. The fourth-order valence-electron chi connectivity index (χ4n) is 1.61. The molecular weight excluding hydrogens is 349 g/mol. The van der Waals surface area contributed by atoms with Crippen LogP contribution in [-0.4, -0.2) is 4.98 Å². The van der Waals surface area contributed by atoms with Crippen LogP contribution in [0, 0.1) is 22.7 Å². The van der Waals surface area contributed by atoms with Gasteiger partial charge in [-0.25, -0.2) is 4.98 Å². The summed E-state index contributed by atoms with van der Waals surface area (Å²) >= 11 is 19.2. The summed E-state index contributed by atoms with van der Waals surface area (Å²) in [4.78, 5) is 4.22. The Kier molecular flexibility index (Phi) is 5.33. The van der Waals surface area contributed by atoms with Crippen LogP contribution in [0.1, 0.15) is 16.7 Å². The van der Waals surface area contributed by atoms with Crippen molar-refractivity contribution in [3.05, 3.63) is 56.3 Å². The molecule has 2 rings (SSSR count). The number of pyridine rings is 1. The predicted octanol–water partition coefficient (Wildman–Crippen LogP) is 5.08. The number of hydrogen-bond donors (Lipinski definition) is 0. The Balaban J connectivity index is 2.43. The Labute approximate surface area is 141 Å². The monoisotopic (exact) mass is 353 g/mol. The first-order valence-electron chi connectivity index (χ1n) is 5.64. The van der Waals surface area contributed by atoms with Gasteiger partial charge in [-0.05, 0) is 11.6 Å². The number of rotatable bonds is 3. The van der Waals surface area contributed by atoms with E-state index in [0.29, 0.717) is 15.7 Å². The van der Waals surface area contributed by atoms with Gasteiger partial charge in [-0.1, -0.05) is 53.0 Å². The maximum absolute atomic E-state index is 9.20. The molecule has 0 N–H and O–H groups in total. The van der Waals surface area contributed by atoms with Gasteiger partial charge in [-0.3, -0.25) is 0 Å². The number of hydrogen-bond acceptors (Lipinski definition) is 4. The number of halogens is 3. The Morgan fingerprint density at radius 2 is 1.57 bits per heavy atom. The topological polar surface area (TPSA) is 60.5 Å². The zero-order valence-corrected chi connectivity index (χ0v) is 13.5. The van der Waals surface area contributed by atoms with Crippen molar-refractivity contribution in [2.45, 2.75) is 10.6 Å². The van der Waals surface area contributed by atoms with E-state index in [1.54, 1.807) is 6.07 Å². The number of nitriles is 2. The molecule has 0 spiro atoms. The Hall–Kier alpha value is -1.43. The smallest absolute Gasteiger partial charge is 0.149 e. The summed E-state index contributed by atoms with van der Waals surface area (Å²) in [5, 5.41) is 19.0. The van der Waals surface area contributed by atoms with Gasteiger partial charge in [0.05, 0.1) is 0 Å². The van der Waals surface area contributed by atoms with Crippen molar-refractivity contribution in [2.75, 3.05) is 0 Å². The van der Waals surface area contributed by atoms with E-state index in [9.17, 15) is 10.5 Å². The minimum atomic E-state index is -0.0110. The van der Waals surface area contributed by atoms with Crippen LogP contribution in [0.5, 0.6) is 0 Å². The minimum Gasteiger partial charge on any atom is -0.222 e. The van der Waals surface area contributed by atoms with Crippen LogP contribution in [0.3, 0.4) is 0 Å². The molecule has 0 radical (unpaired) electrons. The first-order chi connectivity index (χ1) is 10.1. The van der Waals surface area contributed by atoms with Gasteiger partial charge in [0.25, 0.3) is 0 Å². The summed E-state index contributed by atoms with van der Waals surface area (Å²) in [5.41, 5.74) is 1.19. The molecule has 0 bridgehead atoms. The van der Waals surface area contributed by atoms with Crippen molar-refractivity contribution in [3.8, 4) is 12.1 Å². The summed E-state index contributed by atoms with van der Waals surface area (Å²) in [6.45, 7) is 0. The summed E-state index contributed by atoms with van der Waals surface area (Å²) < 4.78 is 0. The van der Waals surface area contributed by atoms with E-state index in [-0.39, 0.29) is 21.4 Å². The van der Waals surface area contributed by atoms with E-state index in [0.717, 1.165) is 5.56 Å². The minimum absolute atomic E-state index is 0.0110. The molecule has 0 aliphatic rings. The van der Waals surface area contributed by atoms with Crippen LogP contribution in [0.2, 0.25) is 15.3 Å². The quantitative estimate of drug-likeness (QED) is 0.570. The molecule has 104 valence electrons. The zero-order chi connectivity index (χ0) is 15.4. The molecule has 7 heteroatoms. The van der Waals surface area contributed by atoms with Crippen molar-refractivity contribution in [3.63, 3.8) is 0 Å². The largest absolute Gasteiger partial charge is 0.222 e. The van der Waals surface area contributed by atoms with Crippen LogP contribution in [0.4, 0.5) is 0 Å². The second kappa shape index (κ2) is 7.02. The SMILES string of the molecule is N#Cc1c(Cl)nc(Cl)c(C#N)c1SCc1ccccc1Cl. The highest BCUT2D eigenvalue weighted by molar-refractivity contribution is 7.98. The van der Waals surface area contributed by atoms with Gasteiger partial charge in [-0.15, -0.1) is 11.8 Å². The van der Waals surface area contributed by atoms with Gasteiger partial charge in [0.1, 0.15) is 33.6 Å². The number of nitrogens with zero attached hydrogens (tertiary/aromatic N) is 3. The molecule has 0 aliphatic carbocycles. The first-order valence-corrected chi connectivity index (χ1v) is 7.75. The molecule has 0 amide bonds. The van der Waals surface area contributed by atoms with Crippen LogP contribution in [0.25, 0.3) is 0 Å². The van der Waals surface area contributed by atoms with Crippen molar-refractivity contribution in [2.24, 2.45) is 0 Å². The van der Waals surface area contributed by atoms with Gasteiger partial charge in [0.2, 0.25) is 0 Å². The van der Waals surface area contributed by atoms with E-state index in [4.69, 9.17) is 34.8 Å². The Bertz CT molecular complexity index is 740. The zero-order valence-electron chi connectivity index (χ0n) is 10.4. The van der Waals surface area contributed by atoms with Gasteiger partial charge in [-0.2, -0.15) is 10.5 Å². The van der Waals surface area contributed by atoms with Gasteiger partial charge in [0, 0.05) is 15.7 Å². The fourth-order valence-corrected chi connectivity index (χ4v) is 3.62. The normalized spacial score (nSPS) is 9.95. The standard InChI is InChI=1S/C14H6Cl3N3S/c15-11-4-2-1-3-8(11)7-21-12-9(5-18)13(16)20-14(17)10(12)6-19/h1-4H,7H2. The lowest BCUT2D eigenvalue weighted by molar-refractivity contribution is 1.19. The van der Waals surface area contributed by atoms with Crippen LogP contribution in [0.15, 0.2) is 29.2 Å². The van der Waals surface area contributed by atoms with Crippen LogP contribution < -0.4 is 0 Å². The second-order valence-corrected chi connectivity index (χ2v) is 5.99. The number of thioether (sulfide) groups is 1. The molecule has 21 heavy (non-hydrogen) atoms. The second-order valence-electron chi connectivity index (χ2n) is 3.88. The third-order valence-corrected chi connectivity index (χ3v) is 4.68. The highest BCUT2D eigenvalue weighted by Gasteiger charge is 2.18. The third-order valence-electron chi connectivity index (χ3n) is 2.62. The number of benzene rings is 1. The van der Waals surface area contributed by atoms with Crippen LogP contribution >= 0.6 is 46.6 Å². The van der Waals surface area contributed by atoms with Gasteiger partial charge >= 0.3 is 0 Å². The molecular formula is C14H6Cl3N3S. The highest BCUT2D eigenvalue weighted by atomic mass is 35.5. The molecule has 0 aliphatic heterocycles. The average molecular weight is 355 g/mol. The van der Waals surface area contributed by atoms with Crippen molar-refractivity contribution < 1.29 is 0 Å². The summed E-state index contributed by atoms with van der Waals surface area (Å²) in [6.07, 6.45) is 0. The number of aromatic nitrogens is 1. The lowest BCUT2D eigenvalue weighted by atomic mass is 10.2. The van der Waals surface area contributed by atoms with E-state index in [1.807, 2.05) is 30.3 Å². The van der Waals surface area contributed by atoms with Crippen LogP contribution in [-0.2, 0) is 5.75 Å². The van der Waals surface area contributed by atoms with E-state index < -0.39 is 0 Å². The molecule has 3 nitrogen and oxygen atoms in total. The van der Waals surface area contributed by atoms with E-state index >= 15 is 0 Å².